The molecule has 23 heavy (non-hydrogen) atoms. The van der Waals surface area contributed by atoms with E-state index in [2.05, 4.69) is 25.6 Å². The van der Waals surface area contributed by atoms with Crippen LogP contribution in [0.5, 0.6) is 0 Å². The Morgan fingerprint density at radius 1 is 1.30 bits per heavy atom. The second-order valence-corrected chi connectivity index (χ2v) is 5.87. The predicted molar refractivity (Wildman–Crippen MR) is 80.4 cm³/mol. The Labute approximate surface area is 134 Å². The van der Waals surface area contributed by atoms with Gasteiger partial charge in [-0.1, -0.05) is 5.16 Å². The molecule has 0 spiro atoms. The SMILES string of the molecule is Cc1noc(C)c1CN1CCN(C(=O)C(C)n2cnnn2)CC1. The van der Waals surface area contributed by atoms with Gasteiger partial charge >= 0.3 is 0 Å². The van der Waals surface area contributed by atoms with Crippen molar-refractivity contribution in [2.24, 2.45) is 0 Å². The summed E-state index contributed by atoms with van der Waals surface area (Å²) in [6.07, 6.45) is 1.47. The number of carbonyl (C=O) groups excluding carboxylic acids is 1. The Kier molecular flexibility index (Phi) is 4.37. The molecule has 0 saturated carbocycles. The van der Waals surface area contributed by atoms with Crippen LogP contribution in [0.15, 0.2) is 10.9 Å². The summed E-state index contributed by atoms with van der Waals surface area (Å²) < 4.78 is 6.69. The summed E-state index contributed by atoms with van der Waals surface area (Å²) in [5.41, 5.74) is 2.08. The lowest BCUT2D eigenvalue weighted by Gasteiger charge is -2.35. The lowest BCUT2D eigenvalue weighted by atomic mass is 10.1. The fraction of sp³-hybridized carbons (Fsp3) is 0.643. The number of aromatic nitrogens is 5. The molecule has 3 rings (SSSR count). The van der Waals surface area contributed by atoms with Crippen LogP contribution in [0.4, 0.5) is 0 Å². The second-order valence-electron chi connectivity index (χ2n) is 5.87. The highest BCUT2D eigenvalue weighted by Gasteiger charge is 2.27. The number of amides is 1. The van der Waals surface area contributed by atoms with E-state index in [1.54, 1.807) is 0 Å². The number of aryl methyl sites for hydroxylation is 2. The third kappa shape index (κ3) is 3.24. The average Bonchev–Trinajstić information content (AvgIpc) is 3.20. The second kappa shape index (κ2) is 6.45. The summed E-state index contributed by atoms with van der Waals surface area (Å²) in [5, 5.41) is 14.9. The molecule has 2 aromatic rings. The zero-order chi connectivity index (χ0) is 16.4. The molecule has 2 aromatic heterocycles. The zero-order valence-corrected chi connectivity index (χ0v) is 13.6. The van der Waals surface area contributed by atoms with Gasteiger partial charge in [0.05, 0.1) is 5.69 Å². The van der Waals surface area contributed by atoms with Gasteiger partial charge in [-0.3, -0.25) is 9.69 Å². The van der Waals surface area contributed by atoms with E-state index in [4.69, 9.17) is 4.52 Å². The molecule has 1 aliphatic heterocycles. The first-order chi connectivity index (χ1) is 11.1. The Bertz CT molecular complexity index is 639. The minimum atomic E-state index is -0.376. The van der Waals surface area contributed by atoms with Gasteiger partial charge in [0.25, 0.3) is 0 Å². The van der Waals surface area contributed by atoms with E-state index in [-0.39, 0.29) is 11.9 Å². The van der Waals surface area contributed by atoms with Gasteiger partial charge in [-0.25, -0.2) is 4.68 Å². The van der Waals surface area contributed by atoms with Gasteiger partial charge in [0.15, 0.2) is 0 Å². The van der Waals surface area contributed by atoms with Crippen LogP contribution in [0.25, 0.3) is 0 Å². The normalized spacial score (nSPS) is 17.4. The summed E-state index contributed by atoms with van der Waals surface area (Å²) >= 11 is 0. The van der Waals surface area contributed by atoms with Crippen LogP contribution in [0.3, 0.4) is 0 Å². The van der Waals surface area contributed by atoms with Crippen molar-refractivity contribution in [2.45, 2.75) is 33.4 Å². The van der Waals surface area contributed by atoms with Crippen molar-refractivity contribution in [2.75, 3.05) is 26.2 Å². The van der Waals surface area contributed by atoms with E-state index in [1.165, 1.54) is 11.0 Å². The van der Waals surface area contributed by atoms with Crippen molar-refractivity contribution < 1.29 is 9.32 Å². The van der Waals surface area contributed by atoms with Crippen LogP contribution < -0.4 is 0 Å². The first kappa shape index (κ1) is 15.6. The van der Waals surface area contributed by atoms with E-state index in [0.29, 0.717) is 13.1 Å². The van der Waals surface area contributed by atoms with E-state index >= 15 is 0 Å². The smallest absolute Gasteiger partial charge is 0.247 e. The number of piperazine rings is 1. The van der Waals surface area contributed by atoms with Gasteiger partial charge in [-0.05, 0) is 31.2 Å². The first-order valence-electron chi connectivity index (χ1n) is 7.71. The standard InChI is InChI=1S/C14H21N7O2/c1-10-13(12(3)23-16-10)8-19-4-6-20(7-5-19)14(22)11(2)21-9-15-17-18-21/h9,11H,4-8H2,1-3H3. The molecule has 0 aliphatic carbocycles. The van der Waals surface area contributed by atoms with E-state index in [1.807, 2.05) is 25.7 Å². The lowest BCUT2D eigenvalue weighted by Crippen LogP contribution is -2.50. The van der Waals surface area contributed by atoms with Crippen molar-refractivity contribution >= 4 is 5.91 Å². The van der Waals surface area contributed by atoms with E-state index < -0.39 is 0 Å². The molecular formula is C14H21N7O2. The van der Waals surface area contributed by atoms with E-state index in [9.17, 15) is 4.79 Å². The number of nitrogens with zero attached hydrogens (tertiary/aromatic N) is 7. The van der Waals surface area contributed by atoms with Gasteiger partial charge < -0.3 is 9.42 Å². The van der Waals surface area contributed by atoms with Gasteiger partial charge in [-0.2, -0.15) is 0 Å². The highest BCUT2D eigenvalue weighted by atomic mass is 16.5. The minimum absolute atomic E-state index is 0.0503. The summed E-state index contributed by atoms with van der Waals surface area (Å²) in [5.74, 6) is 0.919. The molecule has 0 aromatic carbocycles. The average molecular weight is 319 g/mol. The van der Waals surface area contributed by atoms with Crippen molar-refractivity contribution in [3.05, 3.63) is 23.3 Å². The number of carbonyl (C=O) groups is 1. The van der Waals surface area contributed by atoms with Crippen molar-refractivity contribution in [1.29, 1.82) is 0 Å². The highest BCUT2D eigenvalue weighted by Crippen LogP contribution is 2.17. The van der Waals surface area contributed by atoms with Gasteiger partial charge in [0.1, 0.15) is 18.1 Å². The van der Waals surface area contributed by atoms with Crippen molar-refractivity contribution in [3.8, 4) is 0 Å². The molecular weight excluding hydrogens is 298 g/mol. The molecule has 9 heteroatoms. The molecule has 1 atom stereocenters. The Morgan fingerprint density at radius 2 is 2.04 bits per heavy atom. The largest absolute Gasteiger partial charge is 0.361 e. The summed E-state index contributed by atoms with van der Waals surface area (Å²) in [7, 11) is 0. The third-order valence-corrected chi connectivity index (χ3v) is 4.37. The monoisotopic (exact) mass is 319 g/mol. The van der Waals surface area contributed by atoms with Crippen LogP contribution in [0.1, 0.15) is 30.0 Å². The molecule has 1 fully saturated rings. The molecule has 9 nitrogen and oxygen atoms in total. The van der Waals surface area contributed by atoms with Crippen LogP contribution in [-0.4, -0.2) is 67.2 Å². The fourth-order valence-electron chi connectivity index (χ4n) is 2.80. The maximum absolute atomic E-state index is 12.5. The first-order valence-corrected chi connectivity index (χ1v) is 7.71. The maximum atomic E-state index is 12.5. The molecule has 0 N–H and O–H groups in total. The molecule has 1 unspecified atom stereocenters. The number of hydrogen-bond donors (Lipinski definition) is 0. The molecule has 1 saturated heterocycles. The Morgan fingerprint density at radius 3 is 2.61 bits per heavy atom. The number of rotatable bonds is 4. The molecule has 0 bridgehead atoms. The van der Waals surface area contributed by atoms with Crippen LogP contribution in [0.2, 0.25) is 0 Å². The molecule has 1 amide bonds. The zero-order valence-electron chi connectivity index (χ0n) is 13.6. The fourth-order valence-corrected chi connectivity index (χ4v) is 2.80. The Hall–Kier alpha value is -2.29. The highest BCUT2D eigenvalue weighted by molar-refractivity contribution is 5.80. The number of tetrazole rings is 1. The predicted octanol–water partition coefficient (Wildman–Crippen LogP) is 0.183. The lowest BCUT2D eigenvalue weighted by molar-refractivity contribution is -0.136. The van der Waals surface area contributed by atoms with Gasteiger partial charge in [-0.15, -0.1) is 5.10 Å². The molecule has 3 heterocycles. The molecule has 1 aliphatic rings. The summed E-state index contributed by atoms with van der Waals surface area (Å²) in [6, 6.07) is -0.376. The third-order valence-electron chi connectivity index (χ3n) is 4.37. The topological polar surface area (TPSA) is 93.2 Å². The van der Waals surface area contributed by atoms with Crippen LogP contribution in [0, 0.1) is 13.8 Å². The van der Waals surface area contributed by atoms with Crippen molar-refractivity contribution in [3.63, 3.8) is 0 Å². The maximum Gasteiger partial charge on any atom is 0.247 e. The van der Waals surface area contributed by atoms with Crippen molar-refractivity contribution in [1.82, 2.24) is 35.2 Å². The van der Waals surface area contributed by atoms with Crippen LogP contribution in [-0.2, 0) is 11.3 Å². The summed E-state index contributed by atoms with van der Waals surface area (Å²) in [6.45, 7) is 9.59. The quantitative estimate of drug-likeness (QED) is 0.793. The number of hydrogen-bond acceptors (Lipinski definition) is 7. The Balaban J connectivity index is 1.55. The minimum Gasteiger partial charge on any atom is -0.361 e. The molecule has 124 valence electrons. The van der Waals surface area contributed by atoms with E-state index in [0.717, 1.165) is 36.7 Å². The molecule has 0 radical (unpaired) electrons. The summed E-state index contributed by atoms with van der Waals surface area (Å²) in [4.78, 5) is 16.7. The van der Waals surface area contributed by atoms with Crippen LogP contribution >= 0.6 is 0 Å². The van der Waals surface area contributed by atoms with Gasteiger partial charge in [0, 0.05) is 38.3 Å². The van der Waals surface area contributed by atoms with Gasteiger partial charge in [0.2, 0.25) is 5.91 Å².